The zero-order chi connectivity index (χ0) is 94.2. The van der Waals surface area contributed by atoms with Crippen LogP contribution in [0.3, 0.4) is 0 Å². The normalized spacial score (nSPS) is 11.5. The molecule has 0 amide bonds. The Labute approximate surface area is 814 Å². The number of hydrogen-bond acceptors (Lipinski definition) is 9. The van der Waals surface area contributed by atoms with Gasteiger partial charge in [-0.3, -0.25) is 13.7 Å². The molecule has 0 aliphatic carbocycles. The van der Waals surface area contributed by atoms with E-state index in [9.17, 15) is 10.5 Å². The monoisotopic (exact) mass is 1810 g/mol. The molecule has 15 heteroatoms. The van der Waals surface area contributed by atoms with Gasteiger partial charge in [-0.05, 0) is 163 Å². The van der Waals surface area contributed by atoms with Crippen LogP contribution in [0, 0.1) is 22.7 Å². The Hall–Kier alpha value is -19.9. The van der Waals surface area contributed by atoms with Gasteiger partial charge in [0.15, 0.2) is 23.3 Å². The Morgan fingerprint density at radius 1 is 0.155 bits per heavy atom. The summed E-state index contributed by atoms with van der Waals surface area (Å²) in [5.74, 6) is 4.62. The number of fused-ring (bicyclic) bond motifs is 18. The zero-order valence-electron chi connectivity index (χ0n) is 76.3. The van der Waals surface area contributed by atoms with Gasteiger partial charge in [0.05, 0.1) is 101 Å². The third kappa shape index (κ3) is 14.4. The van der Waals surface area contributed by atoms with Gasteiger partial charge in [-0.1, -0.05) is 315 Å². The van der Waals surface area contributed by atoms with Crippen molar-refractivity contribution < 1.29 is 0 Å². The van der Waals surface area contributed by atoms with Gasteiger partial charge in [0, 0.05) is 127 Å². The standard InChI is InChI=1S/C46H30N4.C41H25N5.C40H24N6/c1-4-14-31(15-5-1)40-30-45(48-46(47-40)32-16-6-2-7-17-32)50-42-23-13-11-21-37(42)39-28-33(25-27-43(39)50)34-24-26-38-36-20-10-12-22-41(36)49(44(38)29-34)35-18-8-3-9-19-35;42-26-27-18-20-28(21-19-27)35-25-40(44-41(43-35)29-10-2-1-3-11-29)46-38-17-9-6-14-33(38)34-24-30(22-23-39(34)46)45-36-15-7-4-12-31(36)32-13-5-8-16-37(32)45;41-25-26-18-20-28(21-19-26)39-42-38(27-10-2-1-3-11-27)43-40(44-39)46-36-17-9-6-14-32(36)33-24-29(22-23-37(33)46)45-34-15-7-4-12-30(34)31-13-5-8-16-35(31)45/h1-30H;1-25H;1-24H. The summed E-state index contributed by atoms with van der Waals surface area (Å²) in [5, 5.41) is 33.1. The highest BCUT2D eigenvalue weighted by Crippen LogP contribution is 2.44. The highest BCUT2D eigenvalue weighted by Gasteiger charge is 2.26. The lowest BCUT2D eigenvalue weighted by molar-refractivity contribution is 0.953. The number of rotatable bonds is 13. The molecule has 0 unspecified atom stereocenters. The van der Waals surface area contributed by atoms with Gasteiger partial charge in [-0.2, -0.15) is 20.5 Å². The Kier molecular flexibility index (Phi) is 20.3. The number of para-hydroxylation sites is 9. The molecule has 0 radical (unpaired) electrons. The molecular weight excluding hydrogens is 1740 g/mol. The summed E-state index contributed by atoms with van der Waals surface area (Å²) < 4.78 is 13.7. The van der Waals surface area contributed by atoms with E-state index in [2.05, 4.69) is 373 Å². The molecule has 28 aromatic rings. The maximum atomic E-state index is 9.37. The van der Waals surface area contributed by atoms with Gasteiger partial charge in [0.1, 0.15) is 11.6 Å². The smallest absolute Gasteiger partial charge is 0.238 e. The quantitative estimate of drug-likeness (QED) is 0.109. The summed E-state index contributed by atoms with van der Waals surface area (Å²) in [6.07, 6.45) is 0. The van der Waals surface area contributed by atoms with Crippen molar-refractivity contribution in [2.24, 2.45) is 0 Å². The van der Waals surface area contributed by atoms with Crippen molar-refractivity contribution in [3.8, 4) is 126 Å². The van der Waals surface area contributed by atoms with Gasteiger partial charge in [-0.25, -0.2) is 24.9 Å². The molecule has 0 atom stereocenters. The van der Waals surface area contributed by atoms with E-state index in [4.69, 9.17) is 34.9 Å². The van der Waals surface area contributed by atoms with Gasteiger partial charge < -0.3 is 13.7 Å². The molecule has 0 bridgehead atoms. The van der Waals surface area contributed by atoms with Gasteiger partial charge in [-0.15, -0.1) is 0 Å². The van der Waals surface area contributed by atoms with E-state index >= 15 is 0 Å². The van der Waals surface area contributed by atoms with Crippen molar-refractivity contribution in [2.75, 3.05) is 0 Å². The molecule has 0 fully saturated rings. The van der Waals surface area contributed by atoms with Crippen molar-refractivity contribution in [3.05, 3.63) is 490 Å². The van der Waals surface area contributed by atoms with Crippen LogP contribution in [0.2, 0.25) is 0 Å². The summed E-state index contributed by atoms with van der Waals surface area (Å²) in [6, 6.07) is 170. The number of nitrogens with zero attached hydrogens (tertiary/aromatic N) is 15. The molecule has 0 aliphatic rings. The van der Waals surface area contributed by atoms with Crippen molar-refractivity contribution >= 4 is 131 Å². The SMILES string of the molecule is N#Cc1ccc(-c2cc(-n3c4ccccc4c4cc(-n5c6ccccc6c6ccccc65)ccc43)nc(-c3ccccc3)n2)cc1.N#Cc1ccc(-c2nc(-c3ccccc3)nc(-n3c4ccccc4c4cc(-n5c6ccccc6c6ccccc65)ccc43)n2)cc1.c1ccc(-c2cc(-n3c4ccccc4c4cc(-c5ccc6c7ccccc7n(-c7ccccc7)c6c5)ccc43)nc(-c3ccccc3)n2)cc1. The second kappa shape index (κ2) is 34.8. The van der Waals surface area contributed by atoms with Crippen LogP contribution in [-0.4, -0.2) is 62.3 Å². The van der Waals surface area contributed by atoms with E-state index in [-0.39, 0.29) is 0 Å². The first-order chi connectivity index (χ1) is 70.3. The van der Waals surface area contributed by atoms with Crippen LogP contribution >= 0.6 is 0 Å². The summed E-state index contributed by atoms with van der Waals surface area (Å²) >= 11 is 0. The highest BCUT2D eigenvalue weighted by atomic mass is 15.2. The fraction of sp³-hybridized carbons (Fsp3) is 0. The predicted molar refractivity (Wildman–Crippen MR) is 577 cm³/mol. The Bertz CT molecular complexity index is 9400. The average Bonchev–Trinajstić information content (AvgIpc) is 1.60. The molecule has 0 saturated carbocycles. The first-order valence-electron chi connectivity index (χ1n) is 47.3. The molecule has 0 saturated heterocycles. The number of hydrogen-bond donors (Lipinski definition) is 0. The third-order valence-electron chi connectivity index (χ3n) is 27.1. The number of nitriles is 2. The molecule has 142 heavy (non-hydrogen) atoms. The average molecular weight is 1820 g/mol. The first kappa shape index (κ1) is 82.8. The molecule has 0 spiro atoms. The summed E-state index contributed by atoms with van der Waals surface area (Å²) in [7, 11) is 0. The van der Waals surface area contributed by atoms with Crippen LogP contribution < -0.4 is 0 Å². The number of aromatic nitrogens is 13. The Balaban J connectivity index is 0.000000109. The number of benzene rings is 19. The van der Waals surface area contributed by atoms with Crippen LogP contribution in [0.15, 0.2) is 479 Å². The lowest BCUT2D eigenvalue weighted by Crippen LogP contribution is -2.06. The molecule has 9 aromatic heterocycles. The first-order valence-corrected chi connectivity index (χ1v) is 47.3. The molecule has 19 aromatic carbocycles. The fourth-order valence-corrected chi connectivity index (χ4v) is 20.6. The molecule has 9 heterocycles. The second-order valence-electron chi connectivity index (χ2n) is 35.3. The maximum Gasteiger partial charge on any atom is 0.238 e. The van der Waals surface area contributed by atoms with Crippen molar-refractivity contribution in [1.82, 2.24) is 62.3 Å². The second-order valence-corrected chi connectivity index (χ2v) is 35.3. The van der Waals surface area contributed by atoms with E-state index in [1.807, 2.05) is 133 Å². The molecule has 0 N–H and O–H groups in total. The zero-order valence-corrected chi connectivity index (χ0v) is 76.3. The van der Waals surface area contributed by atoms with E-state index in [1.165, 1.54) is 87.3 Å². The van der Waals surface area contributed by atoms with Crippen molar-refractivity contribution in [3.63, 3.8) is 0 Å². The lowest BCUT2D eigenvalue weighted by Gasteiger charge is -2.12. The summed E-state index contributed by atoms with van der Waals surface area (Å²) in [6.45, 7) is 0. The van der Waals surface area contributed by atoms with E-state index in [1.54, 1.807) is 12.1 Å². The third-order valence-corrected chi connectivity index (χ3v) is 27.1. The minimum atomic E-state index is 0.532. The van der Waals surface area contributed by atoms with Gasteiger partial charge in [0.25, 0.3) is 0 Å². The van der Waals surface area contributed by atoms with E-state index in [0.29, 0.717) is 40.4 Å². The van der Waals surface area contributed by atoms with Crippen LogP contribution in [-0.2, 0) is 0 Å². The largest absolute Gasteiger partial charge is 0.309 e. The molecule has 28 rings (SSSR count). The van der Waals surface area contributed by atoms with Gasteiger partial charge >= 0.3 is 0 Å². The van der Waals surface area contributed by atoms with E-state index < -0.39 is 0 Å². The van der Waals surface area contributed by atoms with Gasteiger partial charge in [0.2, 0.25) is 5.95 Å². The van der Waals surface area contributed by atoms with Crippen LogP contribution in [0.4, 0.5) is 0 Å². The molecule has 15 nitrogen and oxygen atoms in total. The van der Waals surface area contributed by atoms with E-state index in [0.717, 1.165) is 128 Å². The minimum absolute atomic E-state index is 0.532. The molecule has 0 aliphatic heterocycles. The van der Waals surface area contributed by atoms with Crippen LogP contribution in [0.1, 0.15) is 11.1 Å². The van der Waals surface area contributed by atoms with Crippen molar-refractivity contribution in [2.45, 2.75) is 0 Å². The van der Waals surface area contributed by atoms with Crippen molar-refractivity contribution in [1.29, 1.82) is 10.5 Å². The maximum absolute atomic E-state index is 9.37. The highest BCUT2D eigenvalue weighted by molar-refractivity contribution is 6.16. The van der Waals surface area contributed by atoms with Crippen LogP contribution in [0.5, 0.6) is 0 Å². The summed E-state index contributed by atoms with van der Waals surface area (Å²) in [4.78, 5) is 35.3. The summed E-state index contributed by atoms with van der Waals surface area (Å²) in [5.41, 5.74) is 27.7. The Morgan fingerprint density at radius 2 is 0.415 bits per heavy atom. The lowest BCUT2D eigenvalue weighted by atomic mass is 10.0. The van der Waals surface area contributed by atoms with Crippen LogP contribution in [0.25, 0.3) is 245 Å². The molecule has 662 valence electrons. The topological polar surface area (TPSA) is 167 Å². The molecular formula is C127H79N15. The predicted octanol–water partition coefficient (Wildman–Crippen LogP) is 30.8. The fourth-order valence-electron chi connectivity index (χ4n) is 20.6. The Morgan fingerprint density at radius 3 is 0.810 bits per heavy atom. The minimum Gasteiger partial charge on any atom is -0.309 e.